The molecule has 0 radical (unpaired) electrons. The summed E-state index contributed by atoms with van der Waals surface area (Å²) in [4.78, 5) is 11.9. The quantitative estimate of drug-likeness (QED) is 0.798. The number of hydrogen-bond acceptors (Lipinski definition) is 5. The predicted octanol–water partition coefficient (Wildman–Crippen LogP) is 1.52. The van der Waals surface area contributed by atoms with Crippen LogP contribution in [-0.4, -0.2) is 42.5 Å². The van der Waals surface area contributed by atoms with Crippen molar-refractivity contribution in [1.82, 2.24) is 8.87 Å². The van der Waals surface area contributed by atoms with Gasteiger partial charge in [0.05, 0.1) is 7.11 Å². The van der Waals surface area contributed by atoms with Crippen LogP contribution >= 0.6 is 0 Å². The molecule has 0 saturated carbocycles. The standard InChI is InChI=1S/C15H16N2O5S/c1-8-5-6-9-10(7-8)16(2)11-13(18)12(15(19)22-4)17(3)23(20,21)14(9)11/h5-7,18H,1-4H3. The number of fused-ring (bicyclic) bond motifs is 3. The molecule has 1 N–H and O–H groups in total. The van der Waals surface area contributed by atoms with E-state index < -0.39 is 27.4 Å². The van der Waals surface area contributed by atoms with E-state index in [2.05, 4.69) is 4.74 Å². The average Bonchev–Trinajstić information content (AvgIpc) is 2.79. The lowest BCUT2D eigenvalue weighted by Gasteiger charge is -2.26. The molecule has 122 valence electrons. The molecule has 0 amide bonds. The highest BCUT2D eigenvalue weighted by molar-refractivity contribution is 7.89. The van der Waals surface area contributed by atoms with Crippen molar-refractivity contribution in [2.45, 2.75) is 11.8 Å². The van der Waals surface area contributed by atoms with Gasteiger partial charge in [-0.25, -0.2) is 13.2 Å². The van der Waals surface area contributed by atoms with Crippen molar-refractivity contribution in [3.05, 3.63) is 35.2 Å². The fraction of sp³-hybridized carbons (Fsp3) is 0.267. The Morgan fingerprint density at radius 3 is 2.52 bits per heavy atom. The van der Waals surface area contributed by atoms with Crippen LogP contribution in [0.2, 0.25) is 0 Å². The summed E-state index contributed by atoms with van der Waals surface area (Å²) in [6.07, 6.45) is 0. The number of benzene rings is 1. The van der Waals surface area contributed by atoms with Gasteiger partial charge in [0, 0.05) is 25.0 Å². The number of esters is 1. The van der Waals surface area contributed by atoms with E-state index in [0.717, 1.165) is 17.0 Å². The maximum Gasteiger partial charge on any atom is 0.359 e. The predicted molar refractivity (Wildman–Crippen MR) is 84.2 cm³/mol. The summed E-state index contributed by atoms with van der Waals surface area (Å²) in [7, 11) is 0.00708. The zero-order chi connectivity index (χ0) is 17.1. The third kappa shape index (κ3) is 1.88. The van der Waals surface area contributed by atoms with Crippen LogP contribution in [0.3, 0.4) is 0 Å². The zero-order valence-electron chi connectivity index (χ0n) is 13.1. The number of sulfonamides is 1. The first-order chi connectivity index (χ1) is 10.7. The van der Waals surface area contributed by atoms with Crippen molar-refractivity contribution in [3.8, 4) is 0 Å². The first-order valence-corrected chi connectivity index (χ1v) is 8.25. The molecule has 0 aliphatic carbocycles. The Hall–Kier alpha value is -2.48. The molecule has 3 rings (SSSR count). The number of carbonyl (C=O) groups excluding carboxylic acids is 1. The Morgan fingerprint density at radius 2 is 1.91 bits per heavy atom. The van der Waals surface area contributed by atoms with Crippen molar-refractivity contribution in [2.75, 3.05) is 14.2 Å². The lowest BCUT2D eigenvalue weighted by molar-refractivity contribution is -0.137. The number of aromatic nitrogens is 1. The highest BCUT2D eigenvalue weighted by Gasteiger charge is 2.42. The van der Waals surface area contributed by atoms with E-state index >= 15 is 0 Å². The average molecular weight is 336 g/mol. The fourth-order valence-electron chi connectivity index (χ4n) is 2.88. The van der Waals surface area contributed by atoms with Crippen molar-refractivity contribution in [1.29, 1.82) is 0 Å². The molecule has 0 saturated heterocycles. The van der Waals surface area contributed by atoms with Crippen LogP contribution in [0.25, 0.3) is 16.7 Å². The van der Waals surface area contributed by atoms with Crippen LogP contribution in [0.15, 0.2) is 28.8 Å². The Kier molecular flexibility index (Phi) is 3.19. The molecule has 0 spiro atoms. The number of methoxy groups -OCH3 is 1. The fourth-order valence-corrected chi connectivity index (χ4v) is 4.48. The number of hydrogen-bond donors (Lipinski definition) is 1. The van der Waals surface area contributed by atoms with Gasteiger partial charge in [-0.2, -0.15) is 0 Å². The first kappa shape index (κ1) is 15.4. The summed E-state index contributed by atoms with van der Waals surface area (Å²) in [5, 5.41) is 11.0. The second-order valence-electron chi connectivity index (χ2n) is 5.42. The van der Waals surface area contributed by atoms with E-state index in [1.165, 1.54) is 7.05 Å². The molecular weight excluding hydrogens is 320 g/mol. The lowest BCUT2D eigenvalue weighted by atomic mass is 10.2. The Labute approximate surface area is 133 Å². The van der Waals surface area contributed by atoms with Gasteiger partial charge in [-0.3, -0.25) is 4.31 Å². The second-order valence-corrected chi connectivity index (χ2v) is 7.32. The Balaban J connectivity index is 2.53. The van der Waals surface area contributed by atoms with Gasteiger partial charge < -0.3 is 14.4 Å². The second kappa shape index (κ2) is 4.76. The molecule has 1 aromatic heterocycles. The van der Waals surface area contributed by atoms with Crippen LogP contribution in [-0.2, 0) is 26.6 Å². The summed E-state index contributed by atoms with van der Waals surface area (Å²) in [6.45, 7) is 1.89. The van der Waals surface area contributed by atoms with Crippen molar-refractivity contribution < 1.29 is 23.1 Å². The normalized spacial score (nSPS) is 16.6. The molecule has 7 nitrogen and oxygen atoms in total. The van der Waals surface area contributed by atoms with Gasteiger partial charge in [-0.1, -0.05) is 12.1 Å². The third-order valence-electron chi connectivity index (χ3n) is 4.07. The molecule has 1 aliphatic rings. The minimum Gasteiger partial charge on any atom is -0.504 e. The molecule has 0 fully saturated rings. The van der Waals surface area contributed by atoms with E-state index in [4.69, 9.17) is 0 Å². The van der Waals surface area contributed by atoms with Gasteiger partial charge in [-0.15, -0.1) is 0 Å². The zero-order valence-corrected chi connectivity index (χ0v) is 13.9. The number of ether oxygens (including phenoxy) is 1. The van der Waals surface area contributed by atoms with Gasteiger partial charge >= 0.3 is 5.97 Å². The van der Waals surface area contributed by atoms with E-state index in [1.54, 1.807) is 23.7 Å². The van der Waals surface area contributed by atoms with E-state index in [0.29, 0.717) is 10.9 Å². The molecule has 0 atom stereocenters. The monoisotopic (exact) mass is 336 g/mol. The van der Waals surface area contributed by atoms with Gasteiger partial charge in [0.2, 0.25) is 0 Å². The Morgan fingerprint density at radius 1 is 1.26 bits per heavy atom. The van der Waals surface area contributed by atoms with Crippen LogP contribution in [0, 0.1) is 6.92 Å². The SMILES string of the molecule is COC(=O)C1=C(O)c2c(c3ccc(C)cc3n2C)S(=O)(=O)N1C. The smallest absolute Gasteiger partial charge is 0.359 e. The highest BCUT2D eigenvalue weighted by atomic mass is 32.2. The number of aliphatic hydroxyl groups excluding tert-OH is 1. The molecule has 8 heteroatoms. The molecular formula is C15H16N2O5S. The molecule has 2 aromatic rings. The van der Waals surface area contributed by atoms with Crippen molar-refractivity contribution >= 4 is 32.7 Å². The molecule has 23 heavy (non-hydrogen) atoms. The number of aliphatic hydroxyl groups is 1. The lowest BCUT2D eigenvalue weighted by Crippen LogP contribution is -2.35. The summed E-state index contributed by atoms with van der Waals surface area (Å²) in [6, 6.07) is 5.33. The van der Waals surface area contributed by atoms with Crippen LogP contribution in [0.5, 0.6) is 0 Å². The molecule has 2 heterocycles. The van der Waals surface area contributed by atoms with Crippen LogP contribution in [0.4, 0.5) is 0 Å². The van der Waals surface area contributed by atoms with Gasteiger partial charge in [-0.05, 0) is 18.6 Å². The third-order valence-corrected chi connectivity index (χ3v) is 5.90. The van der Waals surface area contributed by atoms with Gasteiger partial charge in [0.15, 0.2) is 11.5 Å². The van der Waals surface area contributed by atoms with E-state index in [1.807, 2.05) is 13.0 Å². The van der Waals surface area contributed by atoms with E-state index in [-0.39, 0.29) is 10.6 Å². The number of nitrogens with zero attached hydrogens (tertiary/aromatic N) is 2. The number of carbonyl (C=O) groups is 1. The minimum atomic E-state index is -3.98. The highest BCUT2D eigenvalue weighted by Crippen LogP contribution is 2.41. The first-order valence-electron chi connectivity index (χ1n) is 6.81. The number of aryl methyl sites for hydroxylation is 2. The molecule has 0 unspecified atom stereocenters. The van der Waals surface area contributed by atoms with Crippen LogP contribution in [0.1, 0.15) is 11.3 Å². The maximum atomic E-state index is 12.9. The number of rotatable bonds is 1. The van der Waals surface area contributed by atoms with Crippen LogP contribution < -0.4 is 0 Å². The minimum absolute atomic E-state index is 0.0114. The molecule has 0 bridgehead atoms. The Bertz CT molecular complexity index is 985. The topological polar surface area (TPSA) is 88.8 Å². The summed E-state index contributed by atoms with van der Waals surface area (Å²) in [5.74, 6) is -1.33. The van der Waals surface area contributed by atoms with Gasteiger partial charge in [0.25, 0.3) is 10.0 Å². The van der Waals surface area contributed by atoms with Gasteiger partial charge in [0.1, 0.15) is 10.6 Å². The summed E-state index contributed by atoms with van der Waals surface area (Å²) in [5.41, 5.74) is 1.30. The van der Waals surface area contributed by atoms with Crippen molar-refractivity contribution in [2.24, 2.45) is 7.05 Å². The summed E-state index contributed by atoms with van der Waals surface area (Å²) < 4.78 is 32.6. The maximum absolute atomic E-state index is 12.9. The molecule has 1 aromatic carbocycles. The number of likely N-dealkylation sites (N-methyl/N-ethyl adjacent to an activating group) is 1. The van der Waals surface area contributed by atoms with Crippen molar-refractivity contribution in [3.63, 3.8) is 0 Å². The van der Waals surface area contributed by atoms with E-state index in [9.17, 15) is 18.3 Å². The molecule has 1 aliphatic heterocycles. The summed E-state index contributed by atoms with van der Waals surface area (Å²) >= 11 is 0. The largest absolute Gasteiger partial charge is 0.504 e.